The Morgan fingerprint density at radius 2 is 1.16 bits per heavy atom. The molecule has 9 rings (SSSR count). The summed E-state index contributed by atoms with van der Waals surface area (Å²) in [5.41, 5.74) is 12.8. The molecule has 0 aliphatic heterocycles. The van der Waals surface area contributed by atoms with Gasteiger partial charge in [0.15, 0.2) is 0 Å². The Bertz CT molecular complexity index is 2410. The highest BCUT2D eigenvalue weighted by atomic mass is 16.3. The van der Waals surface area contributed by atoms with Crippen LogP contribution in [0.2, 0.25) is 0 Å². The summed E-state index contributed by atoms with van der Waals surface area (Å²) in [5.74, 6) is 0. The molecule has 8 aromatic rings. The summed E-state index contributed by atoms with van der Waals surface area (Å²) in [6.07, 6.45) is 0. The lowest BCUT2D eigenvalue weighted by Gasteiger charge is -2.33. The Hall–Kier alpha value is -5.60. The predicted octanol–water partition coefficient (Wildman–Crippen LogP) is 12.2. The van der Waals surface area contributed by atoms with Crippen LogP contribution in [0.3, 0.4) is 0 Å². The van der Waals surface area contributed by atoms with Crippen LogP contribution >= 0.6 is 0 Å². The SMILES string of the molecule is CC1(C)c2ccccc2-c2cccc(N(c3ccccc3)c3ccccc3-c3cccc4oc5c6ccccc6ccc5c34)c21. The van der Waals surface area contributed by atoms with Crippen LogP contribution in [0.4, 0.5) is 17.1 Å². The molecule has 1 aliphatic carbocycles. The number of hydrogen-bond acceptors (Lipinski definition) is 2. The molecule has 0 saturated heterocycles. The first-order valence-corrected chi connectivity index (χ1v) is 15.6. The molecule has 0 N–H and O–H groups in total. The Balaban J connectivity index is 1.33. The van der Waals surface area contributed by atoms with Gasteiger partial charge in [-0.25, -0.2) is 0 Å². The van der Waals surface area contributed by atoms with Crippen LogP contribution in [-0.4, -0.2) is 0 Å². The molecule has 0 fully saturated rings. The van der Waals surface area contributed by atoms with Crippen LogP contribution in [0.15, 0.2) is 156 Å². The lowest BCUT2D eigenvalue weighted by molar-refractivity contribution is 0.661. The molecule has 0 saturated carbocycles. The number of hydrogen-bond donors (Lipinski definition) is 0. The molecule has 0 bridgehead atoms. The van der Waals surface area contributed by atoms with Crippen molar-refractivity contribution >= 4 is 49.8 Å². The van der Waals surface area contributed by atoms with E-state index in [0.29, 0.717) is 0 Å². The molecule has 1 aromatic heterocycles. The minimum atomic E-state index is -0.160. The first-order chi connectivity index (χ1) is 22.1. The maximum absolute atomic E-state index is 6.61. The summed E-state index contributed by atoms with van der Waals surface area (Å²) in [7, 11) is 0. The molecule has 0 atom stereocenters. The fraction of sp³-hybridized carbons (Fsp3) is 0.0698. The molecule has 45 heavy (non-hydrogen) atoms. The highest BCUT2D eigenvalue weighted by Gasteiger charge is 2.39. The number of para-hydroxylation sites is 2. The summed E-state index contributed by atoms with van der Waals surface area (Å²) in [4.78, 5) is 2.46. The van der Waals surface area contributed by atoms with E-state index in [-0.39, 0.29) is 5.41 Å². The van der Waals surface area contributed by atoms with Crippen LogP contribution in [0.25, 0.3) is 55.0 Å². The van der Waals surface area contributed by atoms with Gasteiger partial charge < -0.3 is 9.32 Å². The van der Waals surface area contributed by atoms with E-state index in [0.717, 1.165) is 49.8 Å². The highest BCUT2D eigenvalue weighted by molar-refractivity contribution is 6.19. The van der Waals surface area contributed by atoms with Crippen LogP contribution in [0.5, 0.6) is 0 Å². The van der Waals surface area contributed by atoms with Crippen molar-refractivity contribution in [1.29, 1.82) is 0 Å². The van der Waals surface area contributed by atoms with Crippen molar-refractivity contribution in [2.24, 2.45) is 0 Å². The number of nitrogens with zero attached hydrogens (tertiary/aromatic N) is 1. The second-order valence-electron chi connectivity index (χ2n) is 12.5. The number of fused-ring (bicyclic) bond motifs is 8. The third-order valence-electron chi connectivity index (χ3n) is 9.64. The average Bonchev–Trinajstić information content (AvgIpc) is 3.59. The van der Waals surface area contributed by atoms with Crippen molar-refractivity contribution in [2.45, 2.75) is 19.3 Å². The zero-order valence-electron chi connectivity index (χ0n) is 25.3. The molecule has 2 heteroatoms. The molecule has 1 aliphatic rings. The standard InChI is InChI=1S/C43H31NO/c1-43(2)36-22-10-8-18-31(36)34-21-12-24-38(41(34)43)44(29-15-4-3-5-16-29)37-23-11-9-19-32(37)33-20-13-25-39-40(33)35-27-26-28-14-6-7-17-30(28)42(35)45-39/h3-27H,1-2H3. The van der Waals surface area contributed by atoms with E-state index in [1.807, 2.05) is 0 Å². The van der Waals surface area contributed by atoms with Crippen molar-refractivity contribution in [3.63, 3.8) is 0 Å². The molecule has 1 heterocycles. The molecular weight excluding hydrogens is 546 g/mol. The maximum Gasteiger partial charge on any atom is 0.143 e. The second-order valence-corrected chi connectivity index (χ2v) is 12.5. The number of anilines is 3. The third-order valence-corrected chi connectivity index (χ3v) is 9.64. The van der Waals surface area contributed by atoms with Gasteiger partial charge in [0, 0.05) is 32.8 Å². The molecule has 0 unspecified atom stereocenters. The predicted molar refractivity (Wildman–Crippen MR) is 189 cm³/mol. The van der Waals surface area contributed by atoms with E-state index in [9.17, 15) is 0 Å². The Morgan fingerprint density at radius 1 is 0.489 bits per heavy atom. The van der Waals surface area contributed by atoms with Crippen molar-refractivity contribution < 1.29 is 4.42 Å². The van der Waals surface area contributed by atoms with Gasteiger partial charge >= 0.3 is 0 Å². The first-order valence-electron chi connectivity index (χ1n) is 15.6. The van der Waals surface area contributed by atoms with Crippen LogP contribution in [-0.2, 0) is 5.41 Å². The topological polar surface area (TPSA) is 16.4 Å². The largest absolute Gasteiger partial charge is 0.455 e. The smallest absolute Gasteiger partial charge is 0.143 e. The molecule has 2 nitrogen and oxygen atoms in total. The molecule has 0 spiro atoms. The average molecular weight is 578 g/mol. The second kappa shape index (κ2) is 9.70. The van der Waals surface area contributed by atoms with Gasteiger partial charge in [-0.1, -0.05) is 129 Å². The Kier molecular flexibility index (Phi) is 5.58. The number of benzene rings is 7. The van der Waals surface area contributed by atoms with Gasteiger partial charge in [-0.2, -0.15) is 0 Å². The minimum absolute atomic E-state index is 0.160. The summed E-state index contributed by atoms with van der Waals surface area (Å²) >= 11 is 0. The van der Waals surface area contributed by atoms with E-state index < -0.39 is 0 Å². The van der Waals surface area contributed by atoms with Gasteiger partial charge in [0.2, 0.25) is 0 Å². The minimum Gasteiger partial charge on any atom is -0.455 e. The molecule has 0 radical (unpaired) electrons. The highest BCUT2D eigenvalue weighted by Crippen LogP contribution is 2.55. The van der Waals surface area contributed by atoms with E-state index in [1.54, 1.807) is 0 Å². The molecule has 0 amide bonds. The zero-order valence-corrected chi connectivity index (χ0v) is 25.3. The van der Waals surface area contributed by atoms with Gasteiger partial charge in [-0.3, -0.25) is 0 Å². The van der Waals surface area contributed by atoms with Gasteiger partial charge in [0.25, 0.3) is 0 Å². The zero-order chi connectivity index (χ0) is 30.1. The van der Waals surface area contributed by atoms with Crippen molar-refractivity contribution in [3.8, 4) is 22.3 Å². The van der Waals surface area contributed by atoms with Crippen molar-refractivity contribution in [1.82, 2.24) is 0 Å². The fourth-order valence-corrected chi connectivity index (χ4v) is 7.67. The van der Waals surface area contributed by atoms with E-state index in [1.165, 1.54) is 33.3 Å². The van der Waals surface area contributed by atoms with E-state index >= 15 is 0 Å². The van der Waals surface area contributed by atoms with Gasteiger partial charge in [0.05, 0.1) is 11.4 Å². The van der Waals surface area contributed by atoms with Gasteiger partial charge in [-0.05, 0) is 69.6 Å². The summed E-state index contributed by atoms with van der Waals surface area (Å²) in [6, 6.07) is 54.6. The number of rotatable bonds is 4. The third kappa shape index (κ3) is 3.76. The lowest BCUT2D eigenvalue weighted by Crippen LogP contribution is -2.21. The summed E-state index contributed by atoms with van der Waals surface area (Å²) in [5, 5.41) is 4.60. The lowest BCUT2D eigenvalue weighted by atomic mass is 9.81. The summed E-state index contributed by atoms with van der Waals surface area (Å²) < 4.78 is 6.61. The number of furan rings is 1. The normalized spacial score (nSPS) is 13.3. The molecule has 7 aromatic carbocycles. The monoisotopic (exact) mass is 577 g/mol. The molecule has 214 valence electrons. The van der Waals surface area contributed by atoms with Crippen LogP contribution < -0.4 is 4.90 Å². The van der Waals surface area contributed by atoms with Crippen molar-refractivity contribution in [2.75, 3.05) is 4.90 Å². The quantitative estimate of drug-likeness (QED) is 0.207. The Labute approximate surface area is 262 Å². The van der Waals surface area contributed by atoms with Gasteiger partial charge in [0.1, 0.15) is 11.2 Å². The van der Waals surface area contributed by atoms with Gasteiger partial charge in [-0.15, -0.1) is 0 Å². The van der Waals surface area contributed by atoms with Crippen LogP contribution in [0, 0.1) is 0 Å². The van der Waals surface area contributed by atoms with E-state index in [4.69, 9.17) is 4.42 Å². The summed E-state index contributed by atoms with van der Waals surface area (Å²) in [6.45, 7) is 4.72. The Morgan fingerprint density at radius 3 is 2.04 bits per heavy atom. The first kappa shape index (κ1) is 25.9. The van der Waals surface area contributed by atoms with E-state index in [2.05, 4.69) is 170 Å². The van der Waals surface area contributed by atoms with Crippen molar-refractivity contribution in [3.05, 3.63) is 163 Å². The molecular formula is C43H31NO. The fourth-order valence-electron chi connectivity index (χ4n) is 7.67. The van der Waals surface area contributed by atoms with Crippen LogP contribution in [0.1, 0.15) is 25.0 Å². The maximum atomic E-state index is 6.61.